The molecule has 9 nitrogen and oxygen atoms in total. The molecule has 222 valence electrons. The number of nitrogens with one attached hydrogen (secondary N) is 3. The molecular formula is C31H35Cl2N5O4. The number of hydrogen-bond donors (Lipinski definition) is 4. The number of rotatable bonds is 9. The predicted molar refractivity (Wildman–Crippen MR) is 169 cm³/mol. The number of amides is 2. The van der Waals surface area contributed by atoms with E-state index in [1.54, 1.807) is 55.8 Å². The van der Waals surface area contributed by atoms with Gasteiger partial charge in [-0.15, -0.1) is 0 Å². The Morgan fingerprint density at radius 3 is 2.33 bits per heavy atom. The second-order valence-corrected chi connectivity index (χ2v) is 11.7. The van der Waals surface area contributed by atoms with Crippen molar-refractivity contribution in [2.45, 2.75) is 58.7 Å². The van der Waals surface area contributed by atoms with Gasteiger partial charge in [0, 0.05) is 59.0 Å². The van der Waals surface area contributed by atoms with E-state index in [9.17, 15) is 14.4 Å². The number of carbonyl (C=O) groups excluding carboxylic acids is 2. The largest absolute Gasteiger partial charge is 0.444 e. The quantitative estimate of drug-likeness (QED) is 0.206. The lowest BCUT2D eigenvalue weighted by Crippen LogP contribution is -2.47. The summed E-state index contributed by atoms with van der Waals surface area (Å²) >= 11 is 12.9. The second kappa shape index (κ2) is 13.7. The first kappa shape index (κ1) is 32.4. The van der Waals surface area contributed by atoms with Crippen LogP contribution >= 0.6 is 23.2 Å². The Labute approximate surface area is 255 Å². The van der Waals surface area contributed by atoms with Crippen LogP contribution in [0.3, 0.4) is 0 Å². The number of aromatic nitrogens is 1. The van der Waals surface area contributed by atoms with Crippen molar-refractivity contribution in [2.75, 3.05) is 5.32 Å². The molecule has 0 spiro atoms. The number of nitrogens with zero attached hydrogens (tertiary/aromatic N) is 1. The SMILES string of the molecule is CC(C)n1cc(-c2ccc(Cl)c(CC(NC(=O)OC(C)(C)C)C(=O)Nc3ccc(/C(C=N)=C/N)c(Cl)c3)c2)ccc1=O. The van der Waals surface area contributed by atoms with Gasteiger partial charge in [-0.1, -0.05) is 35.3 Å². The first-order valence-corrected chi connectivity index (χ1v) is 14.0. The molecule has 3 aromatic rings. The molecule has 2 aromatic carbocycles. The Morgan fingerprint density at radius 1 is 1.05 bits per heavy atom. The molecule has 0 radical (unpaired) electrons. The number of carbonyl (C=O) groups is 2. The molecular weight excluding hydrogens is 577 g/mol. The van der Waals surface area contributed by atoms with Crippen molar-refractivity contribution < 1.29 is 14.3 Å². The highest BCUT2D eigenvalue weighted by Gasteiger charge is 2.26. The maximum Gasteiger partial charge on any atom is 0.408 e. The van der Waals surface area contributed by atoms with E-state index in [1.165, 1.54) is 18.3 Å². The molecule has 1 unspecified atom stereocenters. The van der Waals surface area contributed by atoms with Gasteiger partial charge in [0.05, 0.1) is 5.02 Å². The highest BCUT2D eigenvalue weighted by atomic mass is 35.5. The van der Waals surface area contributed by atoms with Crippen molar-refractivity contribution in [3.05, 3.63) is 92.5 Å². The summed E-state index contributed by atoms with van der Waals surface area (Å²) in [5.74, 6) is -0.527. The van der Waals surface area contributed by atoms with Crippen LogP contribution in [0.1, 0.15) is 51.8 Å². The molecule has 1 atom stereocenters. The highest BCUT2D eigenvalue weighted by Crippen LogP contribution is 2.28. The van der Waals surface area contributed by atoms with Gasteiger partial charge in [0.2, 0.25) is 5.91 Å². The van der Waals surface area contributed by atoms with Crippen LogP contribution in [0.15, 0.2) is 65.7 Å². The third kappa shape index (κ3) is 8.47. The molecule has 5 N–H and O–H groups in total. The number of alkyl carbamates (subject to hydrolysis) is 1. The second-order valence-electron chi connectivity index (χ2n) is 10.9. The van der Waals surface area contributed by atoms with Crippen LogP contribution in [0.4, 0.5) is 10.5 Å². The van der Waals surface area contributed by atoms with Gasteiger partial charge in [0.1, 0.15) is 11.6 Å². The standard InChI is InChI=1S/C31H35Cl2N5O4/c1-18(2)38-17-20(7-11-28(38)39)19-6-10-25(32)21(12-19)13-27(37-30(41)42-31(3,4)5)29(40)36-23-8-9-24(26(33)14-23)22(15-34)16-35/h6-12,14-18,27,34H,13,35H2,1-5H3,(H,36,40)(H,37,41)/b22-16+,34-15?. The summed E-state index contributed by atoms with van der Waals surface area (Å²) in [6.45, 7) is 9.01. The van der Waals surface area contributed by atoms with Gasteiger partial charge in [-0.05, 0) is 81.6 Å². The van der Waals surface area contributed by atoms with Crippen molar-refractivity contribution in [3.63, 3.8) is 0 Å². The van der Waals surface area contributed by atoms with E-state index in [0.29, 0.717) is 27.4 Å². The average molecular weight is 613 g/mol. The van der Waals surface area contributed by atoms with E-state index in [-0.39, 0.29) is 23.0 Å². The molecule has 3 rings (SSSR count). The molecule has 1 aromatic heterocycles. The van der Waals surface area contributed by atoms with Crippen molar-refractivity contribution in [2.24, 2.45) is 5.73 Å². The Hall–Kier alpha value is -4.08. The average Bonchev–Trinajstić information content (AvgIpc) is 2.90. The van der Waals surface area contributed by atoms with E-state index in [4.69, 9.17) is 39.1 Å². The van der Waals surface area contributed by atoms with Gasteiger partial charge >= 0.3 is 6.09 Å². The number of halogens is 2. The summed E-state index contributed by atoms with van der Waals surface area (Å²) < 4.78 is 7.04. The number of pyridine rings is 1. The van der Waals surface area contributed by atoms with Crippen molar-refractivity contribution in [1.82, 2.24) is 9.88 Å². The van der Waals surface area contributed by atoms with Crippen LogP contribution in [0.5, 0.6) is 0 Å². The van der Waals surface area contributed by atoms with Crippen LogP contribution in [0, 0.1) is 5.41 Å². The molecule has 0 saturated carbocycles. The molecule has 0 aliphatic rings. The molecule has 42 heavy (non-hydrogen) atoms. The lowest BCUT2D eigenvalue weighted by Gasteiger charge is -2.24. The third-order valence-corrected chi connectivity index (χ3v) is 6.87. The van der Waals surface area contributed by atoms with Crippen molar-refractivity contribution >= 4 is 52.7 Å². The monoisotopic (exact) mass is 611 g/mol. The van der Waals surface area contributed by atoms with Gasteiger partial charge in [0.25, 0.3) is 5.56 Å². The summed E-state index contributed by atoms with van der Waals surface area (Å²) in [5, 5.41) is 13.6. The Kier molecular flexibility index (Phi) is 10.6. The first-order chi connectivity index (χ1) is 19.7. The van der Waals surface area contributed by atoms with Crippen LogP contribution in [0.25, 0.3) is 16.7 Å². The number of benzene rings is 2. The van der Waals surface area contributed by atoms with E-state index >= 15 is 0 Å². The van der Waals surface area contributed by atoms with E-state index in [2.05, 4.69) is 10.6 Å². The zero-order valence-corrected chi connectivity index (χ0v) is 25.6. The number of allylic oxidation sites excluding steroid dienone is 1. The third-order valence-electron chi connectivity index (χ3n) is 6.19. The maximum atomic E-state index is 13.5. The van der Waals surface area contributed by atoms with E-state index < -0.39 is 23.6 Å². The fourth-order valence-corrected chi connectivity index (χ4v) is 4.62. The molecule has 0 aliphatic heterocycles. The maximum absolute atomic E-state index is 13.5. The molecule has 1 heterocycles. The summed E-state index contributed by atoms with van der Waals surface area (Å²) in [6, 6.07) is 12.3. The number of nitrogens with two attached hydrogens (primary N) is 1. The van der Waals surface area contributed by atoms with Crippen LogP contribution in [-0.2, 0) is 16.0 Å². The fourth-order valence-electron chi connectivity index (χ4n) is 4.14. The minimum Gasteiger partial charge on any atom is -0.444 e. The van der Waals surface area contributed by atoms with E-state index in [0.717, 1.165) is 17.3 Å². The lowest BCUT2D eigenvalue weighted by atomic mass is 9.99. The zero-order chi connectivity index (χ0) is 31.2. The Balaban J connectivity index is 1.94. The molecule has 11 heteroatoms. The van der Waals surface area contributed by atoms with Gasteiger partial charge < -0.3 is 31.1 Å². The van der Waals surface area contributed by atoms with Crippen LogP contribution in [0.2, 0.25) is 10.0 Å². The number of ether oxygens (including phenoxy) is 1. The number of hydrogen-bond acceptors (Lipinski definition) is 6. The highest BCUT2D eigenvalue weighted by molar-refractivity contribution is 6.34. The van der Waals surface area contributed by atoms with Crippen molar-refractivity contribution in [3.8, 4) is 11.1 Å². The smallest absolute Gasteiger partial charge is 0.408 e. The molecule has 0 fully saturated rings. The number of anilines is 1. The summed E-state index contributed by atoms with van der Waals surface area (Å²) in [6.07, 6.45) is 3.40. The lowest BCUT2D eigenvalue weighted by molar-refractivity contribution is -0.118. The first-order valence-electron chi connectivity index (χ1n) is 13.3. The minimum atomic E-state index is -1.07. The van der Waals surface area contributed by atoms with Gasteiger partial charge in [-0.25, -0.2) is 4.79 Å². The molecule has 0 bridgehead atoms. The summed E-state index contributed by atoms with van der Waals surface area (Å²) in [5.41, 5.74) is 8.20. The molecule has 0 aliphatic carbocycles. The zero-order valence-electron chi connectivity index (χ0n) is 24.1. The van der Waals surface area contributed by atoms with Crippen molar-refractivity contribution in [1.29, 1.82) is 5.41 Å². The molecule has 0 saturated heterocycles. The fraction of sp³-hybridized carbons (Fsp3) is 0.290. The van der Waals surface area contributed by atoms with E-state index in [1.807, 2.05) is 26.0 Å². The van der Waals surface area contributed by atoms with Gasteiger partial charge in [-0.3, -0.25) is 9.59 Å². The minimum absolute atomic E-state index is 0.0269. The summed E-state index contributed by atoms with van der Waals surface area (Å²) in [7, 11) is 0. The summed E-state index contributed by atoms with van der Waals surface area (Å²) in [4.78, 5) is 38.5. The van der Waals surface area contributed by atoms with Crippen LogP contribution < -0.4 is 21.9 Å². The Bertz CT molecular complexity index is 1570. The van der Waals surface area contributed by atoms with Gasteiger partial charge in [-0.2, -0.15) is 0 Å². The predicted octanol–water partition coefficient (Wildman–Crippen LogP) is 6.43. The molecule has 2 amide bonds. The Morgan fingerprint density at radius 2 is 1.74 bits per heavy atom. The topological polar surface area (TPSA) is 139 Å². The van der Waals surface area contributed by atoms with Gasteiger partial charge in [0.15, 0.2) is 0 Å². The normalized spacial score (nSPS) is 12.5. The van der Waals surface area contributed by atoms with Crippen LogP contribution in [-0.4, -0.2) is 34.4 Å².